The predicted octanol–water partition coefficient (Wildman–Crippen LogP) is 5.94. The van der Waals surface area contributed by atoms with Gasteiger partial charge in [-0.15, -0.1) is 0 Å². The monoisotopic (exact) mass is 485 g/mol. The van der Waals surface area contributed by atoms with E-state index in [2.05, 4.69) is 0 Å². The highest BCUT2D eigenvalue weighted by atomic mass is 32.2. The molecule has 0 spiro atoms. The van der Waals surface area contributed by atoms with E-state index >= 15 is 0 Å². The van der Waals surface area contributed by atoms with Crippen LogP contribution in [0.15, 0.2) is 124 Å². The highest BCUT2D eigenvalue weighted by Crippen LogP contribution is 2.30. The number of nitrogens with zero attached hydrogens (tertiary/aromatic N) is 1. The van der Waals surface area contributed by atoms with Gasteiger partial charge in [-0.05, 0) is 66.9 Å². The Hall–Kier alpha value is -3.48. The van der Waals surface area contributed by atoms with Crippen LogP contribution in [0.2, 0.25) is 0 Å². The molecule has 0 saturated carbocycles. The van der Waals surface area contributed by atoms with Gasteiger partial charge in [0.1, 0.15) is 0 Å². The minimum atomic E-state index is -3.80. The molecule has 0 radical (unpaired) electrons. The Morgan fingerprint density at radius 1 is 0.765 bits per heavy atom. The van der Waals surface area contributed by atoms with Crippen LogP contribution in [0.3, 0.4) is 0 Å². The summed E-state index contributed by atoms with van der Waals surface area (Å²) in [4.78, 5) is 1.58. The van der Waals surface area contributed by atoms with Gasteiger partial charge in [0.15, 0.2) is 0 Å². The number of rotatable bonds is 6. The van der Waals surface area contributed by atoms with E-state index in [-0.39, 0.29) is 4.90 Å². The lowest BCUT2D eigenvalue weighted by Gasteiger charge is -2.08. The molecule has 0 bridgehead atoms. The maximum Gasteiger partial charge on any atom is 0.268 e. The van der Waals surface area contributed by atoms with Crippen molar-refractivity contribution in [2.45, 2.75) is 28.0 Å². The highest BCUT2D eigenvalue weighted by Gasteiger charge is 2.22. The minimum absolute atomic E-state index is 0.234. The van der Waals surface area contributed by atoms with Gasteiger partial charge in [0.2, 0.25) is 0 Å². The first-order valence-electron chi connectivity index (χ1n) is 10.9. The molecule has 0 N–H and O–H groups in total. The average Bonchev–Trinajstić information content (AvgIpc) is 3.23. The minimum Gasteiger partial charge on any atom is -0.249 e. The Balaban J connectivity index is 1.68. The maximum absolute atomic E-state index is 13.6. The summed E-state index contributed by atoms with van der Waals surface area (Å²) >= 11 is 0. The molecule has 4 aromatic carbocycles. The summed E-state index contributed by atoms with van der Waals surface area (Å²) in [6.45, 7) is 1.92. The molecule has 1 unspecified atom stereocenters. The van der Waals surface area contributed by atoms with E-state index in [1.165, 1.54) is 3.97 Å². The molecule has 5 rings (SSSR count). The molecule has 4 nitrogen and oxygen atoms in total. The summed E-state index contributed by atoms with van der Waals surface area (Å²) in [6.07, 6.45) is 2.26. The van der Waals surface area contributed by atoms with Crippen molar-refractivity contribution >= 4 is 31.7 Å². The van der Waals surface area contributed by atoms with Gasteiger partial charge in [-0.25, -0.2) is 16.6 Å². The molecule has 0 aliphatic carbocycles. The van der Waals surface area contributed by atoms with Crippen LogP contribution >= 0.6 is 0 Å². The third-order valence-corrected chi connectivity index (χ3v) is 8.88. The SMILES string of the molecule is Cc1ccc(S(=O)(=O)n2cc(Cc3ccccc3)c3cc(S(=O)c4ccccc4)ccc32)cc1. The molecule has 34 heavy (non-hydrogen) atoms. The quantitative estimate of drug-likeness (QED) is 0.299. The molecular formula is C28H23NO3S2. The summed E-state index contributed by atoms with van der Waals surface area (Å²) in [5, 5.41) is 0.779. The van der Waals surface area contributed by atoms with Gasteiger partial charge in [-0.3, -0.25) is 0 Å². The van der Waals surface area contributed by atoms with Crippen LogP contribution in [-0.2, 0) is 27.2 Å². The van der Waals surface area contributed by atoms with E-state index in [1.54, 1.807) is 42.6 Å². The second-order valence-electron chi connectivity index (χ2n) is 8.19. The van der Waals surface area contributed by atoms with Gasteiger partial charge in [0, 0.05) is 21.4 Å². The number of fused-ring (bicyclic) bond motifs is 1. The van der Waals surface area contributed by atoms with Crippen LogP contribution in [0.1, 0.15) is 16.7 Å². The van der Waals surface area contributed by atoms with E-state index in [1.807, 2.05) is 73.7 Å². The molecule has 0 aliphatic rings. The predicted molar refractivity (Wildman–Crippen MR) is 136 cm³/mol. The second kappa shape index (κ2) is 9.05. The smallest absolute Gasteiger partial charge is 0.249 e. The van der Waals surface area contributed by atoms with E-state index in [4.69, 9.17) is 0 Å². The Labute approximate surface area is 202 Å². The van der Waals surface area contributed by atoms with Crippen molar-refractivity contribution < 1.29 is 12.6 Å². The van der Waals surface area contributed by atoms with E-state index in [0.29, 0.717) is 21.7 Å². The van der Waals surface area contributed by atoms with Gasteiger partial charge in [0.25, 0.3) is 10.0 Å². The van der Waals surface area contributed by atoms with Crippen molar-refractivity contribution in [2.24, 2.45) is 0 Å². The molecular weight excluding hydrogens is 462 g/mol. The summed E-state index contributed by atoms with van der Waals surface area (Å²) in [5.41, 5.74) is 3.50. The van der Waals surface area contributed by atoms with Crippen LogP contribution in [-0.4, -0.2) is 16.6 Å². The standard InChI is InChI=1S/C28H23NO3S2/c1-21-12-15-26(16-13-21)34(31,32)29-20-23(18-22-8-4-2-5-9-22)27-19-25(14-17-28(27)29)33(30)24-10-6-3-7-11-24/h2-17,19-20H,18H2,1H3. The topological polar surface area (TPSA) is 56.1 Å². The zero-order chi connectivity index (χ0) is 23.7. The van der Waals surface area contributed by atoms with Crippen LogP contribution in [0.4, 0.5) is 0 Å². The van der Waals surface area contributed by atoms with Gasteiger partial charge in [-0.1, -0.05) is 66.2 Å². The molecule has 1 atom stereocenters. The zero-order valence-electron chi connectivity index (χ0n) is 18.6. The Kier molecular flexibility index (Phi) is 5.94. The fourth-order valence-electron chi connectivity index (χ4n) is 4.02. The molecule has 1 aromatic heterocycles. The summed E-state index contributed by atoms with van der Waals surface area (Å²) in [6, 6.07) is 31.4. The molecule has 1 heterocycles. The normalized spacial score (nSPS) is 12.6. The van der Waals surface area contributed by atoms with Crippen LogP contribution in [0.25, 0.3) is 10.9 Å². The molecule has 170 valence electrons. The van der Waals surface area contributed by atoms with Crippen molar-refractivity contribution in [2.75, 3.05) is 0 Å². The largest absolute Gasteiger partial charge is 0.268 e. The number of hydrogen-bond donors (Lipinski definition) is 0. The maximum atomic E-state index is 13.6. The van der Waals surface area contributed by atoms with Gasteiger partial charge in [-0.2, -0.15) is 0 Å². The Bertz CT molecular complexity index is 1590. The first-order chi connectivity index (χ1) is 16.4. The molecule has 0 amide bonds. The molecule has 0 saturated heterocycles. The van der Waals surface area contributed by atoms with Crippen molar-refractivity contribution in [3.63, 3.8) is 0 Å². The van der Waals surface area contributed by atoms with Gasteiger partial charge in [0.05, 0.1) is 21.2 Å². The molecule has 6 heteroatoms. The number of aryl methyl sites for hydroxylation is 1. The molecule has 5 aromatic rings. The Morgan fingerprint density at radius 2 is 1.41 bits per heavy atom. The number of aromatic nitrogens is 1. The van der Waals surface area contributed by atoms with Crippen LogP contribution < -0.4 is 0 Å². The lowest BCUT2D eigenvalue weighted by molar-refractivity contribution is 0.589. The van der Waals surface area contributed by atoms with Crippen LogP contribution in [0, 0.1) is 6.92 Å². The zero-order valence-corrected chi connectivity index (χ0v) is 20.2. The first-order valence-corrected chi connectivity index (χ1v) is 13.5. The second-order valence-corrected chi connectivity index (χ2v) is 11.5. The molecule has 0 aliphatic heterocycles. The first kappa shape index (κ1) is 22.3. The summed E-state index contributed by atoms with van der Waals surface area (Å²) < 4.78 is 41.7. The van der Waals surface area contributed by atoms with Crippen molar-refractivity contribution in [1.29, 1.82) is 0 Å². The third kappa shape index (κ3) is 4.22. The third-order valence-electron chi connectivity index (χ3n) is 5.81. The van der Waals surface area contributed by atoms with Crippen molar-refractivity contribution in [3.8, 4) is 0 Å². The van der Waals surface area contributed by atoms with Gasteiger partial charge >= 0.3 is 0 Å². The van der Waals surface area contributed by atoms with Crippen molar-refractivity contribution in [3.05, 3.63) is 126 Å². The van der Waals surface area contributed by atoms with E-state index in [9.17, 15) is 12.6 Å². The van der Waals surface area contributed by atoms with E-state index in [0.717, 1.165) is 22.1 Å². The lowest BCUT2D eigenvalue weighted by atomic mass is 10.0. The molecule has 0 fully saturated rings. The summed E-state index contributed by atoms with van der Waals surface area (Å²) in [5.74, 6) is 0. The summed E-state index contributed by atoms with van der Waals surface area (Å²) in [7, 11) is -5.17. The highest BCUT2D eigenvalue weighted by molar-refractivity contribution is 7.90. The number of benzene rings is 4. The number of hydrogen-bond acceptors (Lipinski definition) is 3. The fraction of sp³-hybridized carbons (Fsp3) is 0.0714. The van der Waals surface area contributed by atoms with E-state index < -0.39 is 20.8 Å². The average molecular weight is 486 g/mol. The van der Waals surface area contributed by atoms with Crippen molar-refractivity contribution in [1.82, 2.24) is 3.97 Å². The van der Waals surface area contributed by atoms with Crippen LogP contribution in [0.5, 0.6) is 0 Å². The fourth-order valence-corrected chi connectivity index (χ4v) is 6.50. The Morgan fingerprint density at radius 3 is 2.09 bits per heavy atom. The lowest BCUT2D eigenvalue weighted by Crippen LogP contribution is -2.11. The van der Waals surface area contributed by atoms with Gasteiger partial charge < -0.3 is 0 Å².